The third-order valence-electron chi connectivity index (χ3n) is 6.88. The number of rotatable bonds is 7. The first kappa shape index (κ1) is 22.7. The summed E-state index contributed by atoms with van der Waals surface area (Å²) in [4.78, 5) is 6.53. The van der Waals surface area contributed by atoms with Gasteiger partial charge in [0.25, 0.3) is 5.89 Å². The predicted octanol–water partition coefficient (Wildman–Crippen LogP) is 4.96. The number of likely N-dealkylation sites (tertiary alicyclic amines) is 1. The highest BCUT2D eigenvalue weighted by Gasteiger charge is 2.23. The fourth-order valence-electron chi connectivity index (χ4n) is 5.00. The number of β-amino-alcohol motifs (C(OH)–C–C–N with tert-alkyl or cyclic N) is 1. The molecule has 8 heteroatoms. The first-order valence-electron chi connectivity index (χ1n) is 12.3. The molecule has 36 heavy (non-hydrogen) atoms. The molecule has 1 atom stereocenters. The molecule has 0 saturated carbocycles. The highest BCUT2D eigenvalue weighted by molar-refractivity contribution is 5.87. The highest BCUT2D eigenvalue weighted by Crippen LogP contribution is 2.33. The number of nitrogens with zero attached hydrogens (tertiary/aromatic N) is 4. The number of hydrogen-bond acceptors (Lipinski definition) is 8. The summed E-state index contributed by atoms with van der Waals surface area (Å²) in [5.74, 6) is 2.50. The number of pyridine rings is 1. The van der Waals surface area contributed by atoms with Gasteiger partial charge in [-0.1, -0.05) is 24.3 Å². The Kier molecular flexibility index (Phi) is 6.13. The molecule has 5 aromatic rings. The molecule has 1 saturated heterocycles. The van der Waals surface area contributed by atoms with E-state index in [4.69, 9.17) is 13.6 Å². The minimum absolute atomic E-state index is 0.206. The molecule has 4 heterocycles. The van der Waals surface area contributed by atoms with Crippen LogP contribution in [0.4, 0.5) is 0 Å². The maximum absolute atomic E-state index is 10.7. The van der Waals surface area contributed by atoms with E-state index in [1.54, 1.807) is 6.92 Å². The standard InChI is InChI=1S/C28H28N4O4/c1-18-30-31-28(35-18)27-14-24-25(3-2-4-26(24)36-27)34-17-23(33)16-32-11-8-19(9-12-32)20-5-6-22-15-29-10-7-21(22)13-20/h2-7,10,13-15,19,23,33H,8-9,11-12,16-17H2,1H3/t23-/m0/s1. The van der Waals surface area contributed by atoms with Gasteiger partial charge >= 0.3 is 0 Å². The summed E-state index contributed by atoms with van der Waals surface area (Å²) in [5.41, 5.74) is 2.06. The fraction of sp³-hybridized carbons (Fsp3) is 0.321. The molecule has 184 valence electrons. The normalized spacial score (nSPS) is 16.1. The Labute approximate surface area is 208 Å². The molecule has 8 nitrogen and oxygen atoms in total. The first-order valence-corrected chi connectivity index (χ1v) is 12.3. The number of ether oxygens (including phenoxy) is 1. The molecule has 0 aliphatic carbocycles. The van der Waals surface area contributed by atoms with E-state index < -0.39 is 6.10 Å². The van der Waals surface area contributed by atoms with Gasteiger partial charge in [0.2, 0.25) is 5.89 Å². The topological polar surface area (TPSA) is 97.7 Å². The van der Waals surface area contributed by atoms with Crippen molar-refractivity contribution < 1.29 is 18.7 Å². The summed E-state index contributed by atoms with van der Waals surface area (Å²) in [6, 6.07) is 16.2. The lowest BCUT2D eigenvalue weighted by Crippen LogP contribution is -2.40. The molecular weight excluding hydrogens is 456 g/mol. The highest BCUT2D eigenvalue weighted by atomic mass is 16.5. The number of aliphatic hydroxyl groups excluding tert-OH is 1. The third-order valence-corrected chi connectivity index (χ3v) is 6.88. The third kappa shape index (κ3) is 4.69. The molecule has 1 aliphatic heterocycles. The van der Waals surface area contributed by atoms with Crippen LogP contribution in [0.3, 0.4) is 0 Å². The van der Waals surface area contributed by atoms with Gasteiger partial charge in [-0.25, -0.2) is 0 Å². The van der Waals surface area contributed by atoms with Crippen LogP contribution in [0, 0.1) is 6.92 Å². The average Bonchev–Trinajstić information content (AvgIpc) is 3.54. The summed E-state index contributed by atoms with van der Waals surface area (Å²) in [5, 5.41) is 21.8. The van der Waals surface area contributed by atoms with E-state index >= 15 is 0 Å². The minimum Gasteiger partial charge on any atom is -0.490 e. The Morgan fingerprint density at radius 3 is 2.78 bits per heavy atom. The van der Waals surface area contributed by atoms with Crippen molar-refractivity contribution in [2.75, 3.05) is 26.2 Å². The van der Waals surface area contributed by atoms with Crippen molar-refractivity contribution in [3.8, 4) is 17.4 Å². The van der Waals surface area contributed by atoms with Crippen LogP contribution in [0.25, 0.3) is 33.4 Å². The molecule has 0 unspecified atom stereocenters. The van der Waals surface area contributed by atoms with Gasteiger partial charge in [0.05, 0.1) is 5.39 Å². The summed E-state index contributed by atoms with van der Waals surface area (Å²) in [7, 11) is 0. The molecule has 1 fully saturated rings. The van der Waals surface area contributed by atoms with Gasteiger partial charge in [0.15, 0.2) is 5.76 Å². The second kappa shape index (κ2) is 9.72. The summed E-state index contributed by atoms with van der Waals surface area (Å²) in [6.45, 7) is 4.45. The van der Waals surface area contributed by atoms with Gasteiger partial charge in [0.1, 0.15) is 24.0 Å². The lowest BCUT2D eigenvalue weighted by atomic mass is 9.88. The fourth-order valence-corrected chi connectivity index (χ4v) is 5.00. The van der Waals surface area contributed by atoms with Gasteiger partial charge in [-0.3, -0.25) is 4.98 Å². The Hall–Kier alpha value is -3.75. The van der Waals surface area contributed by atoms with E-state index in [1.165, 1.54) is 16.3 Å². The summed E-state index contributed by atoms with van der Waals surface area (Å²) < 4.78 is 17.3. The molecule has 3 aromatic heterocycles. The molecule has 0 spiro atoms. The van der Waals surface area contributed by atoms with Crippen LogP contribution in [0.2, 0.25) is 0 Å². The number of furan rings is 1. The molecule has 0 bridgehead atoms. The van der Waals surface area contributed by atoms with Crippen molar-refractivity contribution in [2.24, 2.45) is 0 Å². The Bertz CT molecular complexity index is 1490. The molecule has 6 rings (SSSR count). The zero-order valence-electron chi connectivity index (χ0n) is 20.1. The monoisotopic (exact) mass is 484 g/mol. The maximum atomic E-state index is 10.7. The van der Waals surface area contributed by atoms with E-state index in [9.17, 15) is 5.11 Å². The Morgan fingerprint density at radius 1 is 1.06 bits per heavy atom. The molecule has 1 aliphatic rings. The number of piperidine rings is 1. The predicted molar refractivity (Wildman–Crippen MR) is 136 cm³/mol. The lowest BCUT2D eigenvalue weighted by Gasteiger charge is -2.33. The van der Waals surface area contributed by atoms with Crippen LogP contribution < -0.4 is 4.74 Å². The van der Waals surface area contributed by atoms with E-state index in [0.717, 1.165) is 31.3 Å². The molecule has 1 N–H and O–H groups in total. The SMILES string of the molecule is Cc1nnc(-c2cc3c(OC[C@@H](O)CN4CCC(c5ccc6cnccc6c5)CC4)cccc3o2)o1. The zero-order valence-corrected chi connectivity index (χ0v) is 20.1. The van der Waals surface area contributed by atoms with E-state index in [1.807, 2.05) is 36.7 Å². The van der Waals surface area contributed by atoms with Crippen LogP contribution in [0.1, 0.15) is 30.2 Å². The molecule has 2 aromatic carbocycles. The number of hydrogen-bond donors (Lipinski definition) is 1. The van der Waals surface area contributed by atoms with Gasteiger partial charge in [0, 0.05) is 37.3 Å². The number of aryl methyl sites for hydroxylation is 1. The van der Waals surface area contributed by atoms with Gasteiger partial charge < -0.3 is 23.6 Å². The largest absolute Gasteiger partial charge is 0.490 e. The van der Waals surface area contributed by atoms with Crippen molar-refractivity contribution in [3.05, 3.63) is 72.4 Å². The average molecular weight is 485 g/mol. The van der Waals surface area contributed by atoms with Crippen molar-refractivity contribution >= 4 is 21.7 Å². The second-order valence-electron chi connectivity index (χ2n) is 9.43. The van der Waals surface area contributed by atoms with Crippen molar-refractivity contribution in [1.82, 2.24) is 20.1 Å². The van der Waals surface area contributed by atoms with E-state index in [2.05, 4.69) is 44.3 Å². The zero-order chi connectivity index (χ0) is 24.5. The van der Waals surface area contributed by atoms with Crippen molar-refractivity contribution in [2.45, 2.75) is 31.8 Å². The molecular formula is C28H28N4O4. The molecule has 0 amide bonds. The smallest absolute Gasteiger partial charge is 0.283 e. The van der Waals surface area contributed by atoms with Crippen LogP contribution in [-0.2, 0) is 0 Å². The first-order chi connectivity index (χ1) is 17.6. The summed E-state index contributed by atoms with van der Waals surface area (Å²) >= 11 is 0. The quantitative estimate of drug-likeness (QED) is 0.346. The number of benzene rings is 2. The van der Waals surface area contributed by atoms with Gasteiger partial charge in [-0.2, -0.15) is 0 Å². The number of aromatic nitrogens is 3. The van der Waals surface area contributed by atoms with Crippen LogP contribution in [0.15, 0.2) is 69.8 Å². The Morgan fingerprint density at radius 2 is 1.94 bits per heavy atom. The van der Waals surface area contributed by atoms with Gasteiger partial charge in [-0.05, 0) is 61.0 Å². The lowest BCUT2D eigenvalue weighted by molar-refractivity contribution is 0.0599. The van der Waals surface area contributed by atoms with Crippen LogP contribution in [0.5, 0.6) is 5.75 Å². The summed E-state index contributed by atoms with van der Waals surface area (Å²) in [6.07, 6.45) is 5.33. The van der Waals surface area contributed by atoms with Crippen molar-refractivity contribution in [3.63, 3.8) is 0 Å². The van der Waals surface area contributed by atoms with Gasteiger partial charge in [-0.15, -0.1) is 10.2 Å². The van der Waals surface area contributed by atoms with E-state index in [0.29, 0.717) is 41.3 Å². The van der Waals surface area contributed by atoms with Crippen LogP contribution in [-0.4, -0.2) is 57.5 Å². The van der Waals surface area contributed by atoms with Crippen LogP contribution >= 0.6 is 0 Å². The number of aliphatic hydroxyl groups is 1. The molecule has 0 radical (unpaired) electrons. The minimum atomic E-state index is -0.588. The second-order valence-corrected chi connectivity index (χ2v) is 9.43. The number of fused-ring (bicyclic) bond motifs is 2. The Balaban J connectivity index is 1.04. The van der Waals surface area contributed by atoms with E-state index in [-0.39, 0.29) is 6.61 Å². The maximum Gasteiger partial charge on any atom is 0.283 e. The van der Waals surface area contributed by atoms with Crippen molar-refractivity contribution in [1.29, 1.82) is 0 Å².